The third-order valence-electron chi connectivity index (χ3n) is 3.73. The van der Waals surface area contributed by atoms with Gasteiger partial charge >= 0.3 is 5.97 Å². The Bertz CT molecular complexity index is 502. The molecule has 1 fully saturated rings. The number of anilines is 1. The lowest BCUT2D eigenvalue weighted by molar-refractivity contribution is -0.117. The molecule has 5 nitrogen and oxygen atoms in total. The first kappa shape index (κ1) is 14.5. The molecule has 1 amide bonds. The molecule has 20 heavy (non-hydrogen) atoms. The van der Waals surface area contributed by atoms with E-state index in [1.807, 2.05) is 0 Å². The number of nitrogens with two attached hydrogens (primary N) is 1. The normalized spacial score (nSPS) is 21.5. The van der Waals surface area contributed by atoms with E-state index in [2.05, 4.69) is 10.1 Å². The fraction of sp³-hybridized carbons (Fsp3) is 0.467. The van der Waals surface area contributed by atoms with Gasteiger partial charge in [0, 0.05) is 18.2 Å². The number of carbonyl (C=O) groups excluding carboxylic acids is 2. The number of carbonyl (C=O) groups is 2. The van der Waals surface area contributed by atoms with Crippen LogP contribution in [0.5, 0.6) is 0 Å². The minimum Gasteiger partial charge on any atom is -0.465 e. The molecular formula is C15H20N2O3. The largest absolute Gasteiger partial charge is 0.465 e. The Morgan fingerprint density at radius 3 is 2.85 bits per heavy atom. The standard InChI is InChI=1S/C15H20N2O3/c1-20-15(19)11-5-2-6-12(8-11)17-14(18)9-10-4-3-7-13(10)16/h2,5-6,8,10,13H,3-4,7,9,16H2,1H3,(H,17,18)/t10-,13+/m0/s1. The number of methoxy groups -OCH3 is 1. The summed E-state index contributed by atoms with van der Waals surface area (Å²) in [4.78, 5) is 23.4. The van der Waals surface area contributed by atoms with Crippen molar-refractivity contribution in [3.8, 4) is 0 Å². The molecule has 1 aliphatic rings. The maximum atomic E-state index is 12.0. The monoisotopic (exact) mass is 276 g/mol. The van der Waals surface area contributed by atoms with Crippen LogP contribution in [0.25, 0.3) is 0 Å². The van der Waals surface area contributed by atoms with Gasteiger partial charge in [0.15, 0.2) is 0 Å². The summed E-state index contributed by atoms with van der Waals surface area (Å²) in [6, 6.07) is 6.84. The molecule has 1 saturated carbocycles. The van der Waals surface area contributed by atoms with Crippen molar-refractivity contribution in [1.29, 1.82) is 0 Å². The molecule has 2 atom stereocenters. The molecule has 0 unspecified atom stereocenters. The van der Waals surface area contributed by atoms with Gasteiger partial charge in [-0.1, -0.05) is 12.5 Å². The van der Waals surface area contributed by atoms with Crippen LogP contribution >= 0.6 is 0 Å². The first-order valence-electron chi connectivity index (χ1n) is 6.84. The molecule has 0 saturated heterocycles. The Labute approximate surface area is 118 Å². The number of amides is 1. The van der Waals surface area contributed by atoms with Crippen molar-refractivity contribution in [2.24, 2.45) is 11.7 Å². The molecule has 0 heterocycles. The van der Waals surface area contributed by atoms with E-state index >= 15 is 0 Å². The van der Waals surface area contributed by atoms with Crippen LogP contribution in [0.2, 0.25) is 0 Å². The van der Waals surface area contributed by atoms with E-state index in [0.29, 0.717) is 17.7 Å². The smallest absolute Gasteiger partial charge is 0.337 e. The van der Waals surface area contributed by atoms with Crippen molar-refractivity contribution < 1.29 is 14.3 Å². The lowest BCUT2D eigenvalue weighted by atomic mass is 10.00. The van der Waals surface area contributed by atoms with Crippen molar-refractivity contribution in [2.45, 2.75) is 31.7 Å². The fourth-order valence-electron chi connectivity index (χ4n) is 2.61. The molecule has 0 aliphatic heterocycles. The topological polar surface area (TPSA) is 81.4 Å². The second-order valence-corrected chi connectivity index (χ2v) is 5.18. The van der Waals surface area contributed by atoms with Gasteiger partial charge in [0.25, 0.3) is 0 Å². The Morgan fingerprint density at radius 2 is 2.20 bits per heavy atom. The second kappa shape index (κ2) is 6.52. The molecule has 1 aromatic rings. The van der Waals surface area contributed by atoms with E-state index in [4.69, 9.17) is 5.73 Å². The van der Waals surface area contributed by atoms with Gasteiger partial charge < -0.3 is 15.8 Å². The summed E-state index contributed by atoms with van der Waals surface area (Å²) < 4.78 is 4.65. The zero-order chi connectivity index (χ0) is 14.5. The second-order valence-electron chi connectivity index (χ2n) is 5.18. The minimum absolute atomic E-state index is 0.0608. The number of hydrogen-bond donors (Lipinski definition) is 2. The highest BCUT2D eigenvalue weighted by Crippen LogP contribution is 2.27. The molecule has 2 rings (SSSR count). The van der Waals surface area contributed by atoms with Gasteiger partial charge in [0.1, 0.15) is 0 Å². The van der Waals surface area contributed by atoms with E-state index in [1.165, 1.54) is 7.11 Å². The predicted molar refractivity (Wildman–Crippen MR) is 76.3 cm³/mol. The number of benzene rings is 1. The molecule has 3 N–H and O–H groups in total. The molecule has 0 radical (unpaired) electrons. The van der Waals surface area contributed by atoms with Gasteiger partial charge in [-0.3, -0.25) is 4.79 Å². The van der Waals surface area contributed by atoms with Crippen LogP contribution in [-0.4, -0.2) is 25.0 Å². The van der Waals surface area contributed by atoms with E-state index in [-0.39, 0.29) is 17.9 Å². The lowest BCUT2D eigenvalue weighted by Gasteiger charge is -2.14. The number of nitrogens with one attached hydrogen (secondary N) is 1. The highest BCUT2D eigenvalue weighted by atomic mass is 16.5. The van der Waals surface area contributed by atoms with Crippen LogP contribution < -0.4 is 11.1 Å². The first-order valence-corrected chi connectivity index (χ1v) is 6.84. The maximum Gasteiger partial charge on any atom is 0.337 e. The number of ether oxygens (including phenoxy) is 1. The fourth-order valence-corrected chi connectivity index (χ4v) is 2.61. The first-order chi connectivity index (χ1) is 9.60. The summed E-state index contributed by atoms with van der Waals surface area (Å²) in [5, 5.41) is 2.81. The van der Waals surface area contributed by atoms with Gasteiger partial charge in [-0.05, 0) is 37.0 Å². The Kier molecular flexibility index (Phi) is 4.74. The van der Waals surface area contributed by atoms with Crippen molar-refractivity contribution in [3.05, 3.63) is 29.8 Å². The third-order valence-corrected chi connectivity index (χ3v) is 3.73. The molecule has 108 valence electrons. The number of esters is 1. The third kappa shape index (κ3) is 3.57. The van der Waals surface area contributed by atoms with E-state index in [0.717, 1.165) is 19.3 Å². The van der Waals surface area contributed by atoms with Crippen molar-refractivity contribution >= 4 is 17.6 Å². The summed E-state index contributed by atoms with van der Waals surface area (Å²) in [6.07, 6.45) is 3.53. The predicted octanol–water partition coefficient (Wildman–Crippen LogP) is 1.93. The molecule has 0 aromatic heterocycles. The van der Waals surface area contributed by atoms with Gasteiger partial charge in [-0.2, -0.15) is 0 Å². The molecule has 1 aromatic carbocycles. The Hall–Kier alpha value is -1.88. The van der Waals surface area contributed by atoms with Gasteiger partial charge in [-0.15, -0.1) is 0 Å². The van der Waals surface area contributed by atoms with Crippen LogP contribution in [0.3, 0.4) is 0 Å². The summed E-state index contributed by atoms with van der Waals surface area (Å²) >= 11 is 0. The van der Waals surface area contributed by atoms with Crippen LogP contribution in [-0.2, 0) is 9.53 Å². The van der Waals surface area contributed by atoms with Crippen LogP contribution in [0.4, 0.5) is 5.69 Å². The summed E-state index contributed by atoms with van der Waals surface area (Å²) in [5.74, 6) is -0.216. The number of rotatable bonds is 4. The van der Waals surface area contributed by atoms with Gasteiger partial charge in [-0.25, -0.2) is 4.79 Å². The van der Waals surface area contributed by atoms with E-state index in [9.17, 15) is 9.59 Å². The lowest BCUT2D eigenvalue weighted by Crippen LogP contribution is -2.28. The molecule has 0 bridgehead atoms. The van der Waals surface area contributed by atoms with Crippen LogP contribution in [0.1, 0.15) is 36.0 Å². The zero-order valence-corrected chi connectivity index (χ0v) is 11.6. The molecule has 5 heteroatoms. The quantitative estimate of drug-likeness (QED) is 0.823. The molecular weight excluding hydrogens is 256 g/mol. The SMILES string of the molecule is COC(=O)c1cccc(NC(=O)C[C@@H]2CCC[C@H]2N)c1. The highest BCUT2D eigenvalue weighted by Gasteiger charge is 2.26. The van der Waals surface area contributed by atoms with Crippen LogP contribution in [0.15, 0.2) is 24.3 Å². The van der Waals surface area contributed by atoms with E-state index < -0.39 is 5.97 Å². The van der Waals surface area contributed by atoms with Gasteiger partial charge in [0.2, 0.25) is 5.91 Å². The summed E-state index contributed by atoms with van der Waals surface area (Å²) in [5.41, 5.74) is 6.98. The summed E-state index contributed by atoms with van der Waals surface area (Å²) in [6.45, 7) is 0. The molecule has 0 spiro atoms. The van der Waals surface area contributed by atoms with Crippen molar-refractivity contribution in [1.82, 2.24) is 0 Å². The van der Waals surface area contributed by atoms with Crippen LogP contribution in [0, 0.1) is 5.92 Å². The summed E-state index contributed by atoms with van der Waals surface area (Å²) in [7, 11) is 1.33. The van der Waals surface area contributed by atoms with Crippen molar-refractivity contribution in [3.63, 3.8) is 0 Å². The average Bonchev–Trinajstić information content (AvgIpc) is 2.83. The van der Waals surface area contributed by atoms with E-state index in [1.54, 1.807) is 24.3 Å². The Balaban J connectivity index is 1.95. The maximum absolute atomic E-state index is 12.0. The average molecular weight is 276 g/mol. The zero-order valence-electron chi connectivity index (χ0n) is 11.6. The molecule has 1 aliphatic carbocycles. The Morgan fingerprint density at radius 1 is 1.40 bits per heavy atom. The highest BCUT2D eigenvalue weighted by molar-refractivity contribution is 5.94. The van der Waals surface area contributed by atoms with Gasteiger partial charge in [0.05, 0.1) is 12.7 Å². The minimum atomic E-state index is -0.418. The number of hydrogen-bond acceptors (Lipinski definition) is 4. The van der Waals surface area contributed by atoms with Crippen molar-refractivity contribution in [2.75, 3.05) is 12.4 Å².